The van der Waals surface area contributed by atoms with Gasteiger partial charge in [0.15, 0.2) is 5.78 Å². The van der Waals surface area contributed by atoms with Crippen molar-refractivity contribution in [3.8, 4) is 0 Å². The van der Waals surface area contributed by atoms with Crippen molar-refractivity contribution in [1.29, 1.82) is 10.8 Å². The minimum absolute atomic E-state index is 0.0318. The highest BCUT2D eigenvalue weighted by Crippen LogP contribution is 2.04. The molecule has 0 saturated heterocycles. The van der Waals surface area contributed by atoms with Gasteiger partial charge in [0, 0.05) is 17.8 Å². The van der Waals surface area contributed by atoms with Gasteiger partial charge in [-0.25, -0.2) is 0 Å². The molecule has 0 aromatic rings. The van der Waals surface area contributed by atoms with E-state index in [9.17, 15) is 4.79 Å². The van der Waals surface area contributed by atoms with Crippen LogP contribution in [0.2, 0.25) is 0 Å². The van der Waals surface area contributed by atoms with Crippen LogP contribution in [0.5, 0.6) is 0 Å². The molecule has 0 radical (unpaired) electrons. The van der Waals surface area contributed by atoms with Crippen LogP contribution in [-0.4, -0.2) is 24.4 Å². The van der Waals surface area contributed by atoms with Crippen LogP contribution >= 0.6 is 0 Å². The van der Waals surface area contributed by atoms with E-state index >= 15 is 0 Å². The topological polar surface area (TPSA) is 88.8 Å². The molecule has 0 aromatic carbocycles. The van der Waals surface area contributed by atoms with E-state index in [0.717, 1.165) is 12.1 Å². The Morgan fingerprint density at radius 1 is 1.44 bits per heavy atom. The van der Waals surface area contributed by atoms with Crippen molar-refractivity contribution in [3.05, 3.63) is 24.0 Å². The molecule has 0 unspecified atom stereocenters. The molecule has 18 heavy (non-hydrogen) atoms. The number of allylic oxidation sites excluding steroid dienone is 3. The number of nitrogens with one attached hydrogen (secondary N) is 4. The Kier molecular flexibility index (Phi) is 8.18. The third kappa shape index (κ3) is 6.62. The maximum absolute atomic E-state index is 11.7. The fourth-order valence-corrected chi connectivity index (χ4v) is 1.16. The highest BCUT2D eigenvalue weighted by atomic mass is 16.1. The number of carbonyl (C=O) groups is 1. The minimum Gasteiger partial charge on any atom is -0.374 e. The van der Waals surface area contributed by atoms with Crippen LogP contribution in [0.15, 0.2) is 24.0 Å². The van der Waals surface area contributed by atoms with Gasteiger partial charge in [-0.2, -0.15) is 0 Å². The lowest BCUT2D eigenvalue weighted by molar-refractivity contribution is -0.116. The molecule has 0 aliphatic heterocycles. The van der Waals surface area contributed by atoms with E-state index < -0.39 is 0 Å². The predicted octanol–water partition coefficient (Wildman–Crippen LogP) is 1.83. The molecule has 1 atom stereocenters. The van der Waals surface area contributed by atoms with Gasteiger partial charge in [-0.05, 0) is 31.7 Å². The molecule has 0 aliphatic rings. The van der Waals surface area contributed by atoms with E-state index in [0.29, 0.717) is 6.67 Å². The minimum atomic E-state index is -0.129. The summed E-state index contributed by atoms with van der Waals surface area (Å²) in [5.74, 6) is -0.231. The summed E-state index contributed by atoms with van der Waals surface area (Å²) in [4.78, 5) is 11.7. The number of Topliss-reactive ketones (excluding diaryl/α,β-unsaturated/α-hetero) is 1. The fraction of sp³-hybridized carbons (Fsp3) is 0.462. The summed E-state index contributed by atoms with van der Waals surface area (Å²) in [5, 5.41) is 20.4. The van der Waals surface area contributed by atoms with Gasteiger partial charge in [0.05, 0.1) is 12.4 Å². The predicted molar refractivity (Wildman–Crippen MR) is 75.0 cm³/mol. The lowest BCUT2D eigenvalue weighted by Crippen LogP contribution is -2.25. The van der Waals surface area contributed by atoms with Crippen LogP contribution in [-0.2, 0) is 4.79 Å². The van der Waals surface area contributed by atoms with Gasteiger partial charge in [-0.15, -0.1) is 0 Å². The zero-order chi connectivity index (χ0) is 14.0. The van der Waals surface area contributed by atoms with E-state index in [1.807, 2.05) is 13.8 Å². The maximum Gasteiger partial charge on any atom is 0.183 e. The molecule has 0 spiro atoms. The Morgan fingerprint density at radius 3 is 2.67 bits per heavy atom. The number of rotatable bonds is 9. The Labute approximate surface area is 108 Å². The normalized spacial score (nSPS) is 13.2. The lowest BCUT2D eigenvalue weighted by Gasteiger charge is -2.08. The molecule has 0 heterocycles. The van der Waals surface area contributed by atoms with Crippen LogP contribution in [0.4, 0.5) is 0 Å². The van der Waals surface area contributed by atoms with E-state index in [4.69, 9.17) is 10.8 Å². The van der Waals surface area contributed by atoms with E-state index in [2.05, 4.69) is 10.6 Å². The van der Waals surface area contributed by atoms with Crippen molar-refractivity contribution in [1.82, 2.24) is 10.6 Å². The van der Waals surface area contributed by atoms with E-state index in [-0.39, 0.29) is 17.4 Å². The third-order valence-corrected chi connectivity index (χ3v) is 2.47. The third-order valence-electron chi connectivity index (χ3n) is 2.47. The molecule has 0 amide bonds. The number of ketones is 1. The Morgan fingerprint density at radius 2 is 2.11 bits per heavy atom. The van der Waals surface area contributed by atoms with Crippen molar-refractivity contribution in [3.63, 3.8) is 0 Å². The quantitative estimate of drug-likeness (QED) is 0.286. The maximum atomic E-state index is 11.7. The van der Waals surface area contributed by atoms with E-state index in [1.165, 1.54) is 12.3 Å². The van der Waals surface area contributed by atoms with Gasteiger partial charge in [0.2, 0.25) is 0 Å². The molecule has 5 heteroatoms. The van der Waals surface area contributed by atoms with Gasteiger partial charge in [0.25, 0.3) is 0 Å². The summed E-state index contributed by atoms with van der Waals surface area (Å²) in [5.41, 5.74) is 0.789. The van der Waals surface area contributed by atoms with Crippen molar-refractivity contribution in [2.24, 2.45) is 5.92 Å². The average Bonchev–Trinajstić information content (AvgIpc) is 2.36. The number of carbonyl (C=O) groups excluding carboxylic acids is 1. The number of hydrogen-bond donors (Lipinski definition) is 4. The molecular weight excluding hydrogens is 228 g/mol. The monoisotopic (exact) mass is 250 g/mol. The second-order valence-electron chi connectivity index (χ2n) is 4.00. The van der Waals surface area contributed by atoms with Crippen LogP contribution < -0.4 is 10.6 Å². The summed E-state index contributed by atoms with van der Waals surface area (Å²) in [6.45, 7) is 6.05. The Hall–Kier alpha value is -1.91. The Bertz CT molecular complexity index is 358. The summed E-state index contributed by atoms with van der Waals surface area (Å²) < 4.78 is 0. The van der Waals surface area contributed by atoms with Gasteiger partial charge in [-0.3, -0.25) is 10.2 Å². The first-order chi connectivity index (χ1) is 8.52. The van der Waals surface area contributed by atoms with E-state index in [1.54, 1.807) is 19.2 Å². The molecule has 0 bridgehead atoms. The standard InChI is InChI=1S/C13H22N4O/c1-4-10(2)13(18)12(15)8-11(3)17-9-16-7-5-6-14/h5-8,10,14-17H,4,9H2,1-3H3/b7-5-,11-8-,14-6?,15-12?/t10-/m1/s1. The van der Waals surface area contributed by atoms with Gasteiger partial charge in [0.1, 0.15) is 0 Å². The van der Waals surface area contributed by atoms with Crippen LogP contribution in [0.1, 0.15) is 27.2 Å². The summed E-state index contributed by atoms with van der Waals surface area (Å²) >= 11 is 0. The molecule has 5 nitrogen and oxygen atoms in total. The second kappa shape index (κ2) is 9.15. The highest BCUT2D eigenvalue weighted by Gasteiger charge is 2.14. The second-order valence-corrected chi connectivity index (χ2v) is 4.00. The zero-order valence-corrected chi connectivity index (χ0v) is 11.2. The summed E-state index contributed by atoms with van der Waals surface area (Å²) in [6, 6.07) is 0. The van der Waals surface area contributed by atoms with Crippen LogP contribution in [0.25, 0.3) is 0 Å². The molecule has 0 saturated carbocycles. The fourth-order valence-electron chi connectivity index (χ4n) is 1.16. The van der Waals surface area contributed by atoms with Crippen molar-refractivity contribution < 1.29 is 4.79 Å². The van der Waals surface area contributed by atoms with Crippen molar-refractivity contribution in [2.75, 3.05) is 6.67 Å². The molecule has 0 fully saturated rings. The first kappa shape index (κ1) is 16.1. The van der Waals surface area contributed by atoms with Crippen LogP contribution in [0.3, 0.4) is 0 Å². The smallest absolute Gasteiger partial charge is 0.183 e. The van der Waals surface area contributed by atoms with Crippen molar-refractivity contribution >= 4 is 17.7 Å². The molecule has 4 N–H and O–H groups in total. The summed E-state index contributed by atoms with van der Waals surface area (Å²) in [7, 11) is 0. The van der Waals surface area contributed by atoms with Crippen molar-refractivity contribution in [2.45, 2.75) is 27.2 Å². The molecule has 0 aliphatic carbocycles. The Balaban J connectivity index is 4.16. The molecule has 0 aromatic heterocycles. The summed E-state index contributed by atoms with van der Waals surface area (Å²) in [6.07, 6.45) is 6.67. The van der Waals surface area contributed by atoms with Gasteiger partial charge < -0.3 is 16.0 Å². The SMILES string of the molecule is CC[C@@H](C)C(=O)C(=N)/C=C(/C)NCN/C=C\C=N. The molecule has 0 rings (SSSR count). The number of hydrogen-bond acceptors (Lipinski definition) is 5. The highest BCUT2D eigenvalue weighted by molar-refractivity contribution is 6.43. The molecular formula is C13H22N4O. The zero-order valence-electron chi connectivity index (χ0n) is 11.2. The van der Waals surface area contributed by atoms with Gasteiger partial charge >= 0.3 is 0 Å². The average molecular weight is 250 g/mol. The van der Waals surface area contributed by atoms with Gasteiger partial charge in [-0.1, -0.05) is 13.8 Å². The first-order valence-corrected chi connectivity index (χ1v) is 5.96. The largest absolute Gasteiger partial charge is 0.374 e. The van der Waals surface area contributed by atoms with Crippen LogP contribution in [0, 0.1) is 16.7 Å². The lowest BCUT2D eigenvalue weighted by atomic mass is 9.99. The molecule has 100 valence electrons. The first-order valence-electron chi connectivity index (χ1n) is 5.96.